The number of hydrogen-bond donors (Lipinski definition) is 3. The van der Waals surface area contributed by atoms with Crippen molar-refractivity contribution in [1.82, 2.24) is 9.80 Å². The zero-order valence-electron chi connectivity index (χ0n) is 17.6. The van der Waals surface area contributed by atoms with Crippen LogP contribution in [0.5, 0.6) is 0 Å². The zero-order valence-corrected chi connectivity index (χ0v) is 17.6. The van der Waals surface area contributed by atoms with E-state index in [1.54, 1.807) is 35.8 Å². The molecule has 0 aliphatic heterocycles. The van der Waals surface area contributed by atoms with E-state index in [4.69, 9.17) is 10.5 Å². The molecule has 27 heavy (non-hydrogen) atoms. The molecule has 7 nitrogen and oxygen atoms in total. The Bertz CT molecular complexity index is 663. The van der Waals surface area contributed by atoms with Crippen LogP contribution >= 0.6 is 0 Å². The second kappa shape index (κ2) is 9.50. The number of carbonyl (C=O) groups excluding carboxylic acids is 1. The van der Waals surface area contributed by atoms with Crippen LogP contribution in [0.2, 0.25) is 0 Å². The van der Waals surface area contributed by atoms with Crippen LogP contribution in [0, 0.1) is 10.8 Å². The van der Waals surface area contributed by atoms with Crippen molar-refractivity contribution in [2.45, 2.75) is 39.7 Å². The van der Waals surface area contributed by atoms with Crippen molar-refractivity contribution in [1.29, 1.82) is 5.41 Å². The summed E-state index contributed by atoms with van der Waals surface area (Å²) in [6.07, 6.45) is 5.92. The van der Waals surface area contributed by atoms with Crippen LogP contribution in [0.25, 0.3) is 0 Å². The first kappa shape index (κ1) is 24.6. The number of carbonyl (C=O) groups is 2. The van der Waals surface area contributed by atoms with Gasteiger partial charge in [0.15, 0.2) is 11.7 Å². The van der Waals surface area contributed by atoms with E-state index >= 15 is 0 Å². The Labute approximate surface area is 162 Å². The summed E-state index contributed by atoms with van der Waals surface area (Å²) >= 11 is 0. The Morgan fingerprint density at radius 1 is 1.22 bits per heavy atom. The third-order valence-electron chi connectivity index (χ3n) is 4.41. The standard InChI is InChI=1S/C15H20O4.C5H13N3/c1-10(7-13(17)18)5-6-15(19)11(2)8-12(16)9-14(15,3)4;1-7(2)5(6)8(3)4/h5-8,19H,9H2,1-4H3,(H,17,18);6H,1-4H3/b6-5+,10-7-;/t15-;/m1./s1. The Morgan fingerprint density at radius 2 is 1.70 bits per heavy atom. The lowest BCUT2D eigenvalue weighted by Crippen LogP contribution is -2.48. The van der Waals surface area contributed by atoms with Gasteiger partial charge >= 0.3 is 5.97 Å². The molecule has 0 fully saturated rings. The smallest absolute Gasteiger partial charge is 0.328 e. The van der Waals surface area contributed by atoms with Gasteiger partial charge < -0.3 is 20.0 Å². The number of aliphatic carboxylic acids is 1. The number of ketones is 1. The van der Waals surface area contributed by atoms with Crippen molar-refractivity contribution in [3.8, 4) is 0 Å². The topological polar surface area (TPSA) is 105 Å². The van der Waals surface area contributed by atoms with Crippen LogP contribution in [-0.2, 0) is 9.59 Å². The van der Waals surface area contributed by atoms with Crippen LogP contribution in [0.15, 0.2) is 35.5 Å². The van der Waals surface area contributed by atoms with Crippen molar-refractivity contribution in [3.05, 3.63) is 35.5 Å². The summed E-state index contributed by atoms with van der Waals surface area (Å²) < 4.78 is 0. The summed E-state index contributed by atoms with van der Waals surface area (Å²) in [6, 6.07) is 0. The van der Waals surface area contributed by atoms with E-state index in [9.17, 15) is 14.7 Å². The van der Waals surface area contributed by atoms with Gasteiger partial charge in [-0.1, -0.05) is 19.9 Å². The van der Waals surface area contributed by atoms with Gasteiger partial charge in [-0.15, -0.1) is 0 Å². The summed E-state index contributed by atoms with van der Waals surface area (Å²) in [5.41, 5.74) is -0.758. The molecule has 0 aromatic carbocycles. The maximum absolute atomic E-state index is 11.6. The number of nitrogens with zero attached hydrogens (tertiary/aromatic N) is 2. The molecule has 1 rings (SSSR count). The number of aliphatic hydroxyl groups is 1. The maximum atomic E-state index is 11.6. The minimum absolute atomic E-state index is 0.00150. The highest BCUT2D eigenvalue weighted by atomic mass is 16.4. The third kappa shape index (κ3) is 7.02. The number of carboxylic acids is 1. The van der Waals surface area contributed by atoms with Gasteiger partial charge in [0.25, 0.3) is 0 Å². The van der Waals surface area contributed by atoms with Gasteiger partial charge in [0, 0.05) is 46.1 Å². The average molecular weight is 380 g/mol. The summed E-state index contributed by atoms with van der Waals surface area (Å²) in [5, 5.41) is 26.7. The molecule has 1 aliphatic rings. The predicted molar refractivity (Wildman–Crippen MR) is 108 cm³/mol. The molecule has 0 aromatic rings. The maximum Gasteiger partial charge on any atom is 0.328 e. The van der Waals surface area contributed by atoms with Gasteiger partial charge in [-0.3, -0.25) is 10.2 Å². The first-order chi connectivity index (χ1) is 12.1. The molecule has 0 radical (unpaired) electrons. The molecular formula is C20H33N3O4. The Morgan fingerprint density at radius 3 is 2.04 bits per heavy atom. The molecule has 0 saturated carbocycles. The molecule has 0 amide bonds. The second-order valence-electron chi connectivity index (χ2n) is 7.79. The molecule has 7 heteroatoms. The van der Waals surface area contributed by atoms with Gasteiger partial charge in [-0.05, 0) is 37.1 Å². The van der Waals surface area contributed by atoms with Crippen LogP contribution < -0.4 is 0 Å². The Kier molecular flexibility index (Phi) is 8.66. The van der Waals surface area contributed by atoms with E-state index in [0.29, 0.717) is 17.1 Å². The molecule has 152 valence electrons. The number of allylic oxidation sites excluding steroid dienone is 3. The van der Waals surface area contributed by atoms with E-state index in [-0.39, 0.29) is 12.2 Å². The highest BCUT2D eigenvalue weighted by Gasteiger charge is 2.46. The molecule has 3 N–H and O–H groups in total. The van der Waals surface area contributed by atoms with Crippen LogP contribution in [-0.4, -0.2) is 71.5 Å². The van der Waals surface area contributed by atoms with Crippen LogP contribution in [0.1, 0.15) is 34.1 Å². The summed E-state index contributed by atoms with van der Waals surface area (Å²) in [4.78, 5) is 25.6. The predicted octanol–water partition coefficient (Wildman–Crippen LogP) is 2.29. The number of guanidine groups is 1. The van der Waals surface area contributed by atoms with Crippen molar-refractivity contribution in [3.63, 3.8) is 0 Å². The molecule has 0 unspecified atom stereocenters. The summed E-state index contributed by atoms with van der Waals surface area (Å²) in [6.45, 7) is 7.00. The van der Waals surface area contributed by atoms with Crippen molar-refractivity contribution < 1.29 is 19.8 Å². The van der Waals surface area contributed by atoms with Crippen molar-refractivity contribution in [2.75, 3.05) is 28.2 Å². The molecule has 1 aliphatic carbocycles. The molecule has 0 spiro atoms. The summed E-state index contributed by atoms with van der Waals surface area (Å²) in [7, 11) is 7.40. The Balaban J connectivity index is 0.000000713. The number of carboxylic acid groups (broad SMARTS) is 1. The normalized spacial score (nSPS) is 21.9. The van der Waals surface area contributed by atoms with Gasteiger partial charge in [0.05, 0.1) is 0 Å². The fraction of sp³-hybridized carbons (Fsp3) is 0.550. The lowest BCUT2D eigenvalue weighted by molar-refractivity contribution is -0.131. The van der Waals surface area contributed by atoms with Gasteiger partial charge in [-0.25, -0.2) is 4.79 Å². The lowest BCUT2D eigenvalue weighted by Gasteiger charge is -2.43. The van der Waals surface area contributed by atoms with E-state index in [1.807, 2.05) is 42.0 Å². The first-order valence-electron chi connectivity index (χ1n) is 8.61. The van der Waals surface area contributed by atoms with E-state index in [0.717, 1.165) is 6.08 Å². The fourth-order valence-corrected chi connectivity index (χ4v) is 2.76. The minimum atomic E-state index is -1.24. The van der Waals surface area contributed by atoms with Crippen molar-refractivity contribution >= 4 is 17.7 Å². The second-order valence-corrected chi connectivity index (χ2v) is 7.79. The van der Waals surface area contributed by atoms with Crippen molar-refractivity contribution in [2.24, 2.45) is 5.41 Å². The third-order valence-corrected chi connectivity index (χ3v) is 4.41. The number of rotatable bonds is 3. The van der Waals surface area contributed by atoms with E-state index in [2.05, 4.69) is 0 Å². The summed E-state index contributed by atoms with van der Waals surface area (Å²) in [5.74, 6) is -0.511. The molecule has 0 bridgehead atoms. The zero-order chi connectivity index (χ0) is 21.6. The van der Waals surface area contributed by atoms with Gasteiger partial charge in [0.1, 0.15) is 5.60 Å². The molecule has 0 saturated heterocycles. The van der Waals surface area contributed by atoms with Gasteiger partial charge in [-0.2, -0.15) is 0 Å². The SMILES string of the molecule is CC1=CC(=O)CC(C)(C)[C@@]1(O)/C=C/C(C)=C\C(=O)O.CN(C)C(=N)N(C)C. The molecule has 1 atom stereocenters. The minimum Gasteiger partial charge on any atom is -0.478 e. The molecular weight excluding hydrogens is 346 g/mol. The first-order valence-corrected chi connectivity index (χ1v) is 8.61. The number of nitrogens with one attached hydrogen (secondary N) is 1. The lowest BCUT2D eigenvalue weighted by atomic mass is 9.64. The quantitative estimate of drug-likeness (QED) is 0.301. The van der Waals surface area contributed by atoms with Crippen LogP contribution in [0.3, 0.4) is 0 Å². The highest BCUT2D eigenvalue weighted by Crippen LogP contribution is 2.44. The van der Waals surface area contributed by atoms with E-state index < -0.39 is 17.0 Å². The molecule has 0 heterocycles. The number of hydrogen-bond acceptors (Lipinski definition) is 4. The van der Waals surface area contributed by atoms with Crippen LogP contribution in [0.4, 0.5) is 0 Å². The highest BCUT2D eigenvalue weighted by molar-refractivity contribution is 5.92. The largest absolute Gasteiger partial charge is 0.478 e. The fourth-order valence-electron chi connectivity index (χ4n) is 2.76. The van der Waals surface area contributed by atoms with E-state index in [1.165, 1.54) is 6.08 Å². The average Bonchev–Trinajstić information content (AvgIpc) is 2.49. The molecule has 0 aromatic heterocycles. The monoisotopic (exact) mass is 379 g/mol. The Hall–Kier alpha value is -2.41. The van der Waals surface area contributed by atoms with Gasteiger partial charge in [0.2, 0.25) is 0 Å².